The Morgan fingerprint density at radius 3 is 2.58 bits per heavy atom. The molecule has 1 aromatic rings. The highest BCUT2D eigenvalue weighted by atomic mass is 32.2. The lowest BCUT2D eigenvalue weighted by Crippen LogP contribution is -2.46. The van der Waals surface area contributed by atoms with Crippen LogP contribution in [0.2, 0.25) is 0 Å². The van der Waals surface area contributed by atoms with Crippen LogP contribution in [0.3, 0.4) is 0 Å². The Labute approximate surface area is 145 Å². The third-order valence-corrected chi connectivity index (χ3v) is 6.25. The summed E-state index contributed by atoms with van der Waals surface area (Å²) in [6.45, 7) is 6.68. The molecule has 0 radical (unpaired) electrons. The van der Waals surface area contributed by atoms with Crippen LogP contribution in [0.4, 0.5) is 4.79 Å². The van der Waals surface area contributed by atoms with Crippen LogP contribution in [0, 0.1) is 5.41 Å². The fourth-order valence-corrected chi connectivity index (χ4v) is 4.19. The average molecular weight is 352 g/mol. The van der Waals surface area contributed by atoms with E-state index < -0.39 is 22.2 Å². The molecule has 1 unspecified atom stereocenters. The predicted octanol–water partition coefficient (Wildman–Crippen LogP) is 1.99. The first-order valence-corrected chi connectivity index (χ1v) is 9.25. The number of carbonyl (C=O) groups is 1. The summed E-state index contributed by atoms with van der Waals surface area (Å²) >= 11 is -1.35. The maximum absolute atomic E-state index is 12.6. The molecule has 7 nitrogen and oxygen atoms in total. The molecule has 8 heteroatoms. The molecule has 1 saturated heterocycles. The normalized spacial score (nSPS) is 22.9. The fraction of sp³-hybridized carbons (Fsp3) is 0.688. The number of likely N-dealkylation sites (tertiary alicyclic amines) is 1. The summed E-state index contributed by atoms with van der Waals surface area (Å²) in [5.74, 6) is 0. The minimum absolute atomic E-state index is 0.237. The van der Waals surface area contributed by atoms with E-state index >= 15 is 0 Å². The van der Waals surface area contributed by atoms with Gasteiger partial charge in [-0.25, -0.2) is 4.79 Å². The summed E-state index contributed by atoms with van der Waals surface area (Å²) in [6, 6.07) is 0. The van der Waals surface area contributed by atoms with Gasteiger partial charge in [0, 0.05) is 43.7 Å². The minimum atomic E-state index is -1.35. The predicted molar refractivity (Wildman–Crippen MR) is 92.6 cm³/mol. The highest BCUT2D eigenvalue weighted by Gasteiger charge is 2.49. The molecule has 24 heavy (non-hydrogen) atoms. The molecule has 1 aromatic heterocycles. The number of hydrogen-bond acceptors (Lipinski definition) is 4. The Hall–Kier alpha value is -1.54. The van der Waals surface area contributed by atoms with E-state index in [0.29, 0.717) is 25.9 Å². The number of hydrogen-bond donors (Lipinski definition) is 1. The third-order valence-electron chi connectivity index (χ3n) is 4.86. The molecule has 0 aromatic carbocycles. The topological polar surface area (TPSA) is 93.8 Å². The van der Waals surface area contributed by atoms with E-state index in [2.05, 4.69) is 9.50 Å². The Kier molecular flexibility index (Phi) is 4.16. The van der Waals surface area contributed by atoms with Crippen molar-refractivity contribution in [3.8, 4) is 0 Å². The zero-order chi connectivity index (χ0) is 17.7. The van der Waals surface area contributed by atoms with Gasteiger partial charge in [0.2, 0.25) is 0 Å². The summed E-state index contributed by atoms with van der Waals surface area (Å²) in [5.41, 5.74) is 2.56. The third kappa shape index (κ3) is 2.93. The SMILES string of the molecule is Cn1cc2c(n1)CC1(CCN(C(=O)O)CC1)C2=N[S+]([O-])C(C)(C)C. The summed E-state index contributed by atoms with van der Waals surface area (Å²) < 4.78 is 18.6. The summed E-state index contributed by atoms with van der Waals surface area (Å²) in [5, 5.41) is 13.7. The number of piperidine rings is 1. The number of fused-ring (bicyclic) bond motifs is 1. The van der Waals surface area contributed by atoms with Crippen molar-refractivity contribution in [2.75, 3.05) is 13.1 Å². The van der Waals surface area contributed by atoms with Crippen molar-refractivity contribution in [1.29, 1.82) is 0 Å². The van der Waals surface area contributed by atoms with Gasteiger partial charge in [-0.05, 0) is 33.6 Å². The van der Waals surface area contributed by atoms with Gasteiger partial charge in [-0.15, -0.1) is 0 Å². The van der Waals surface area contributed by atoms with Crippen molar-refractivity contribution >= 4 is 23.2 Å². The van der Waals surface area contributed by atoms with Crippen molar-refractivity contribution in [2.45, 2.75) is 44.8 Å². The number of aromatic nitrogens is 2. The number of carboxylic acid groups (broad SMARTS) is 1. The lowest BCUT2D eigenvalue weighted by molar-refractivity contribution is 0.114. The van der Waals surface area contributed by atoms with E-state index in [-0.39, 0.29) is 5.41 Å². The largest absolute Gasteiger partial charge is 0.591 e. The Morgan fingerprint density at radius 2 is 2.04 bits per heavy atom. The summed E-state index contributed by atoms with van der Waals surface area (Å²) in [7, 11) is 1.87. The van der Waals surface area contributed by atoms with Gasteiger partial charge < -0.3 is 14.6 Å². The van der Waals surface area contributed by atoms with E-state index in [4.69, 9.17) is 0 Å². The van der Waals surface area contributed by atoms with Crippen molar-refractivity contribution in [2.24, 2.45) is 16.9 Å². The zero-order valence-electron chi connectivity index (χ0n) is 14.6. The van der Waals surface area contributed by atoms with E-state index in [1.165, 1.54) is 4.90 Å². The van der Waals surface area contributed by atoms with Gasteiger partial charge in [0.05, 0.1) is 5.69 Å². The van der Waals surface area contributed by atoms with Crippen LogP contribution < -0.4 is 0 Å². The standard InChI is InChI=1S/C16H24N4O3S/c1-15(2,3)24(23)18-13-11-10-19(4)17-12(11)9-16(13)5-7-20(8-6-16)14(21)22/h10H,5-9H2,1-4H3,(H,21,22). The van der Waals surface area contributed by atoms with Gasteiger partial charge in [-0.2, -0.15) is 5.10 Å². The van der Waals surface area contributed by atoms with Crippen molar-refractivity contribution in [3.05, 3.63) is 17.5 Å². The van der Waals surface area contributed by atoms with Gasteiger partial charge in [0.15, 0.2) is 0 Å². The first-order valence-electron chi connectivity index (χ1n) is 8.14. The molecule has 0 bridgehead atoms. The second kappa shape index (κ2) is 5.77. The van der Waals surface area contributed by atoms with Crippen LogP contribution in [-0.4, -0.2) is 54.0 Å². The molecular weight excluding hydrogens is 328 g/mol. The quantitative estimate of drug-likeness (QED) is 0.782. The first kappa shape index (κ1) is 17.3. The number of nitrogens with zero attached hydrogens (tertiary/aromatic N) is 4. The number of rotatable bonds is 1. The van der Waals surface area contributed by atoms with Crippen molar-refractivity contribution < 1.29 is 14.5 Å². The van der Waals surface area contributed by atoms with Gasteiger partial charge in [0.1, 0.15) is 21.8 Å². The Bertz CT molecular complexity index is 684. The van der Waals surface area contributed by atoms with Gasteiger partial charge >= 0.3 is 6.09 Å². The van der Waals surface area contributed by atoms with Crippen LogP contribution in [0.25, 0.3) is 0 Å². The lowest BCUT2D eigenvalue weighted by Gasteiger charge is -2.38. The summed E-state index contributed by atoms with van der Waals surface area (Å²) in [4.78, 5) is 12.6. The molecule has 1 fully saturated rings. The molecule has 1 atom stereocenters. The van der Waals surface area contributed by atoms with Crippen LogP contribution in [0.15, 0.2) is 10.6 Å². The maximum atomic E-state index is 12.6. The van der Waals surface area contributed by atoms with E-state index in [9.17, 15) is 14.5 Å². The van der Waals surface area contributed by atoms with Crippen molar-refractivity contribution in [1.82, 2.24) is 14.7 Å². The molecule has 3 rings (SSSR count). The van der Waals surface area contributed by atoms with Gasteiger partial charge in [0.25, 0.3) is 0 Å². The molecule has 2 heterocycles. The lowest BCUT2D eigenvalue weighted by atomic mass is 9.75. The maximum Gasteiger partial charge on any atom is 0.407 e. The molecule has 1 amide bonds. The molecule has 1 aliphatic carbocycles. The molecule has 0 saturated carbocycles. The second-order valence-electron chi connectivity index (χ2n) is 7.69. The monoisotopic (exact) mass is 352 g/mol. The van der Waals surface area contributed by atoms with Crippen molar-refractivity contribution in [3.63, 3.8) is 0 Å². The highest BCUT2D eigenvalue weighted by molar-refractivity contribution is 7.91. The zero-order valence-corrected chi connectivity index (χ0v) is 15.4. The number of amides is 1. The van der Waals surface area contributed by atoms with Crippen LogP contribution >= 0.6 is 0 Å². The molecule has 132 valence electrons. The van der Waals surface area contributed by atoms with Crippen LogP contribution in [0.5, 0.6) is 0 Å². The minimum Gasteiger partial charge on any atom is -0.591 e. The van der Waals surface area contributed by atoms with Crippen LogP contribution in [0.1, 0.15) is 44.9 Å². The summed E-state index contributed by atoms with van der Waals surface area (Å²) in [6.07, 6.45) is 3.19. The molecule has 1 aliphatic heterocycles. The Balaban J connectivity index is 1.96. The van der Waals surface area contributed by atoms with Gasteiger partial charge in [-0.3, -0.25) is 4.68 Å². The van der Waals surface area contributed by atoms with Gasteiger partial charge in [-0.1, -0.05) is 4.40 Å². The van der Waals surface area contributed by atoms with E-state index in [0.717, 1.165) is 23.4 Å². The Morgan fingerprint density at radius 1 is 1.42 bits per heavy atom. The number of aryl methyl sites for hydroxylation is 1. The molecule has 2 aliphatic rings. The highest BCUT2D eigenvalue weighted by Crippen LogP contribution is 2.45. The molecule has 1 spiro atoms. The smallest absolute Gasteiger partial charge is 0.407 e. The molecule has 1 N–H and O–H groups in total. The fourth-order valence-electron chi connectivity index (χ4n) is 3.46. The van der Waals surface area contributed by atoms with E-state index in [1.54, 1.807) is 4.68 Å². The van der Waals surface area contributed by atoms with Crippen LogP contribution in [-0.2, 0) is 24.8 Å². The molecular formula is C16H24N4O3S. The average Bonchev–Trinajstić information content (AvgIpc) is 2.94. The van der Waals surface area contributed by atoms with E-state index in [1.807, 2.05) is 34.0 Å². The first-order chi connectivity index (χ1) is 11.1. The second-order valence-corrected chi connectivity index (χ2v) is 9.60.